The molecule has 0 aliphatic heterocycles. The number of esters is 2. The molecular formula is C33H20F10O5. The van der Waals surface area contributed by atoms with E-state index in [4.69, 9.17) is 0 Å². The summed E-state index contributed by atoms with van der Waals surface area (Å²) in [6.45, 7) is 3.48. The summed E-state index contributed by atoms with van der Waals surface area (Å²) in [6, 6.07) is 15.5. The Balaban J connectivity index is 0.000000261. The maximum absolute atomic E-state index is 13.9. The van der Waals surface area contributed by atoms with Crippen LogP contribution in [0.2, 0.25) is 0 Å². The first-order valence-corrected chi connectivity index (χ1v) is 13.1. The topological polar surface area (TPSA) is 61.8 Å². The predicted molar refractivity (Wildman–Crippen MR) is 151 cm³/mol. The van der Waals surface area contributed by atoms with Gasteiger partial charge in [0.2, 0.25) is 11.7 Å². The van der Waals surface area contributed by atoms with Crippen LogP contribution < -0.4 is 14.2 Å². The number of carbonyl (C=O) groups is 2. The first-order chi connectivity index (χ1) is 22.4. The minimum Gasteiger partial charge on any atom is -0.421 e. The summed E-state index contributed by atoms with van der Waals surface area (Å²) in [7, 11) is 0. The van der Waals surface area contributed by atoms with Crippen LogP contribution in [0.1, 0.15) is 22.3 Å². The average molecular weight is 686 g/mol. The number of aryl methyl sites for hydroxylation is 2. The molecule has 0 heterocycles. The zero-order valence-corrected chi connectivity index (χ0v) is 24.4. The van der Waals surface area contributed by atoms with Crippen molar-refractivity contribution in [2.24, 2.45) is 0 Å². The van der Waals surface area contributed by atoms with E-state index in [1.807, 2.05) is 0 Å². The number of halogens is 10. The minimum atomic E-state index is -4.87. The summed E-state index contributed by atoms with van der Waals surface area (Å²) >= 11 is 0. The van der Waals surface area contributed by atoms with E-state index in [1.165, 1.54) is 48.5 Å². The molecule has 4 aromatic carbocycles. The SMILES string of the molecule is Cc1ccc(/C(F)=C(\F)C(=O)Oc2cc(F)c(F)c(F)c2)cc1.Cc1ccc(/C(F)=C(\F)C(=O)Oc2ccc(OC(F)(F)F)cc2)cc1. The molecule has 0 saturated heterocycles. The van der Waals surface area contributed by atoms with Crippen LogP contribution in [0.15, 0.2) is 96.6 Å². The van der Waals surface area contributed by atoms with E-state index in [0.29, 0.717) is 12.1 Å². The van der Waals surface area contributed by atoms with Crippen LogP contribution in [0.25, 0.3) is 11.7 Å². The standard InChI is InChI=1S/C17H11F5O3.C16H9F5O2/c1-10-2-4-11(5-3-10)14(18)15(19)16(23)24-12-6-8-13(9-7-12)25-17(20,21)22;1-8-2-4-9(5-3-8)13(19)15(21)16(22)23-10-6-11(17)14(20)12(18)7-10/h2-9H,1H3;2-7H,1H3/b15-14+;15-13+. The maximum atomic E-state index is 13.9. The minimum absolute atomic E-state index is 0.144. The average Bonchev–Trinajstić information content (AvgIpc) is 3.03. The molecule has 0 atom stereocenters. The first-order valence-electron chi connectivity index (χ1n) is 13.1. The Labute approximate surface area is 265 Å². The van der Waals surface area contributed by atoms with Crippen LogP contribution in [-0.2, 0) is 9.59 Å². The highest BCUT2D eigenvalue weighted by atomic mass is 19.4. The Bertz CT molecular complexity index is 1810. The van der Waals surface area contributed by atoms with E-state index in [2.05, 4.69) is 14.2 Å². The highest BCUT2D eigenvalue weighted by Gasteiger charge is 2.31. The second kappa shape index (κ2) is 15.8. The molecule has 5 nitrogen and oxygen atoms in total. The van der Waals surface area contributed by atoms with Gasteiger partial charge in [0.25, 0.3) is 0 Å². The van der Waals surface area contributed by atoms with Crippen molar-refractivity contribution < 1.29 is 67.7 Å². The van der Waals surface area contributed by atoms with Gasteiger partial charge in [-0.2, -0.15) is 8.78 Å². The van der Waals surface area contributed by atoms with Gasteiger partial charge < -0.3 is 14.2 Å². The Morgan fingerprint density at radius 1 is 0.542 bits per heavy atom. The van der Waals surface area contributed by atoms with Crippen molar-refractivity contribution in [3.8, 4) is 17.2 Å². The summed E-state index contributed by atoms with van der Waals surface area (Å²) in [6.07, 6.45) is -4.87. The van der Waals surface area contributed by atoms with Crippen molar-refractivity contribution >= 4 is 23.6 Å². The Morgan fingerprint density at radius 3 is 1.27 bits per heavy atom. The number of benzene rings is 4. The van der Waals surface area contributed by atoms with Gasteiger partial charge in [-0.15, -0.1) is 13.2 Å². The predicted octanol–water partition coefficient (Wildman–Crippen LogP) is 9.73. The number of hydrogen-bond donors (Lipinski definition) is 0. The molecule has 0 amide bonds. The quantitative estimate of drug-likeness (QED) is 0.0637. The normalized spacial score (nSPS) is 12.2. The van der Waals surface area contributed by atoms with Crippen molar-refractivity contribution in [1.29, 1.82) is 0 Å². The third-order valence-corrected chi connectivity index (χ3v) is 5.79. The van der Waals surface area contributed by atoms with Crippen LogP contribution in [0.5, 0.6) is 17.2 Å². The van der Waals surface area contributed by atoms with Gasteiger partial charge in [0.1, 0.15) is 17.2 Å². The van der Waals surface area contributed by atoms with Crippen LogP contribution in [-0.4, -0.2) is 18.3 Å². The second-order valence-electron chi connectivity index (χ2n) is 9.49. The lowest BCUT2D eigenvalue weighted by Crippen LogP contribution is -2.17. The van der Waals surface area contributed by atoms with Crippen LogP contribution >= 0.6 is 0 Å². The number of ether oxygens (including phenoxy) is 3. The van der Waals surface area contributed by atoms with Crippen LogP contribution in [0.4, 0.5) is 43.9 Å². The van der Waals surface area contributed by atoms with Gasteiger partial charge in [0.15, 0.2) is 29.1 Å². The number of hydrogen-bond acceptors (Lipinski definition) is 5. The van der Waals surface area contributed by atoms with Crippen LogP contribution in [0.3, 0.4) is 0 Å². The van der Waals surface area contributed by atoms with Crippen molar-refractivity contribution in [2.45, 2.75) is 20.2 Å². The monoisotopic (exact) mass is 686 g/mol. The fourth-order valence-electron chi connectivity index (χ4n) is 3.44. The van der Waals surface area contributed by atoms with Gasteiger partial charge in [0, 0.05) is 23.3 Å². The molecule has 0 saturated carbocycles. The molecule has 0 fully saturated rings. The number of rotatable bonds is 7. The molecule has 4 rings (SSSR count). The van der Waals surface area contributed by atoms with E-state index in [1.54, 1.807) is 13.8 Å². The Hall–Kier alpha value is -5.60. The summed E-state index contributed by atoms with van der Waals surface area (Å²) < 4.78 is 143. The zero-order chi connectivity index (χ0) is 35.8. The molecule has 252 valence electrons. The Kier molecular flexibility index (Phi) is 12.1. The molecule has 0 aliphatic rings. The van der Waals surface area contributed by atoms with Gasteiger partial charge in [-0.3, -0.25) is 0 Å². The fourth-order valence-corrected chi connectivity index (χ4v) is 3.44. The van der Waals surface area contributed by atoms with Crippen molar-refractivity contribution in [3.05, 3.63) is 136 Å². The highest BCUT2D eigenvalue weighted by molar-refractivity contribution is 5.95. The van der Waals surface area contributed by atoms with Crippen molar-refractivity contribution in [1.82, 2.24) is 0 Å². The molecule has 0 aliphatic carbocycles. The molecule has 0 unspecified atom stereocenters. The van der Waals surface area contributed by atoms with Crippen molar-refractivity contribution in [3.63, 3.8) is 0 Å². The van der Waals surface area contributed by atoms with Gasteiger partial charge in [-0.05, 0) is 38.1 Å². The van der Waals surface area contributed by atoms with Crippen molar-refractivity contribution in [2.75, 3.05) is 0 Å². The lowest BCUT2D eigenvalue weighted by Gasteiger charge is -2.09. The number of carbonyl (C=O) groups excluding carboxylic acids is 2. The molecule has 0 radical (unpaired) electrons. The highest BCUT2D eigenvalue weighted by Crippen LogP contribution is 2.28. The molecular weight excluding hydrogens is 666 g/mol. The largest absolute Gasteiger partial charge is 0.573 e. The van der Waals surface area contributed by atoms with Crippen LogP contribution in [0, 0.1) is 31.3 Å². The lowest BCUT2D eigenvalue weighted by molar-refractivity contribution is -0.274. The zero-order valence-electron chi connectivity index (χ0n) is 24.4. The molecule has 15 heteroatoms. The van der Waals surface area contributed by atoms with Gasteiger partial charge in [0.05, 0.1) is 0 Å². The van der Waals surface area contributed by atoms with Gasteiger partial charge >= 0.3 is 18.3 Å². The molecule has 0 N–H and O–H groups in total. The molecule has 0 spiro atoms. The fraction of sp³-hybridized carbons (Fsp3) is 0.0909. The third kappa shape index (κ3) is 10.5. The van der Waals surface area contributed by atoms with E-state index in [0.717, 1.165) is 35.4 Å². The summed E-state index contributed by atoms with van der Waals surface area (Å²) in [5.41, 5.74) is 1.26. The maximum Gasteiger partial charge on any atom is 0.573 e. The first kappa shape index (κ1) is 36.9. The summed E-state index contributed by atoms with van der Waals surface area (Å²) in [5.74, 6) is -16.6. The van der Waals surface area contributed by atoms with E-state index >= 15 is 0 Å². The number of alkyl halides is 3. The second-order valence-corrected chi connectivity index (χ2v) is 9.49. The van der Waals surface area contributed by atoms with Gasteiger partial charge in [-0.1, -0.05) is 59.7 Å². The van der Waals surface area contributed by atoms with Gasteiger partial charge in [-0.25, -0.2) is 31.5 Å². The smallest absolute Gasteiger partial charge is 0.421 e. The Morgan fingerprint density at radius 2 is 0.896 bits per heavy atom. The molecule has 48 heavy (non-hydrogen) atoms. The summed E-state index contributed by atoms with van der Waals surface area (Å²) in [4.78, 5) is 23.1. The summed E-state index contributed by atoms with van der Waals surface area (Å²) in [5, 5.41) is 0. The van der Waals surface area contributed by atoms with E-state index in [-0.39, 0.29) is 16.9 Å². The van der Waals surface area contributed by atoms with E-state index in [9.17, 15) is 53.5 Å². The molecule has 0 bridgehead atoms. The third-order valence-electron chi connectivity index (χ3n) is 5.79. The lowest BCUT2D eigenvalue weighted by atomic mass is 10.1. The van der Waals surface area contributed by atoms with E-state index < -0.39 is 70.6 Å². The molecule has 4 aromatic rings. The molecule has 0 aromatic heterocycles.